The standard InChI is InChI=1S/C26H24F2N4OS/c1-16-30-24(25(34-16)17-9-11-18(27)12-10-17)26(33)32-13-5-4-6-19(32)14-23-29-15-22(31-23)20-7-2-3-8-21(20)28/h2-3,7-12,15,19H,4-6,13-14H2,1H3,(H,29,31). The predicted molar refractivity (Wildman–Crippen MR) is 129 cm³/mol. The molecule has 34 heavy (non-hydrogen) atoms. The van der Waals surface area contributed by atoms with Crippen molar-refractivity contribution >= 4 is 17.2 Å². The number of rotatable bonds is 5. The van der Waals surface area contributed by atoms with E-state index in [2.05, 4.69) is 15.0 Å². The van der Waals surface area contributed by atoms with Gasteiger partial charge in [-0.1, -0.05) is 24.3 Å². The number of imidazole rings is 1. The number of aromatic nitrogens is 3. The number of halogens is 2. The first-order valence-electron chi connectivity index (χ1n) is 11.3. The molecule has 0 saturated carbocycles. The topological polar surface area (TPSA) is 61.9 Å². The number of aromatic amines is 1. The lowest BCUT2D eigenvalue weighted by Gasteiger charge is -2.35. The van der Waals surface area contributed by atoms with Gasteiger partial charge in [0.05, 0.1) is 21.8 Å². The lowest BCUT2D eigenvalue weighted by molar-refractivity contribution is 0.0606. The third kappa shape index (κ3) is 4.50. The molecule has 0 aliphatic carbocycles. The summed E-state index contributed by atoms with van der Waals surface area (Å²) in [7, 11) is 0. The molecule has 5 rings (SSSR count). The van der Waals surface area contributed by atoms with Gasteiger partial charge in [0.1, 0.15) is 23.2 Å². The van der Waals surface area contributed by atoms with Crippen molar-refractivity contribution in [2.75, 3.05) is 6.54 Å². The van der Waals surface area contributed by atoms with E-state index in [1.165, 1.54) is 29.5 Å². The minimum Gasteiger partial charge on any atom is -0.342 e. The summed E-state index contributed by atoms with van der Waals surface area (Å²) in [4.78, 5) is 28.5. The Bertz CT molecular complexity index is 1310. The van der Waals surface area contributed by atoms with E-state index in [0.717, 1.165) is 40.5 Å². The van der Waals surface area contributed by atoms with Crippen LogP contribution in [-0.4, -0.2) is 38.3 Å². The van der Waals surface area contributed by atoms with Crippen molar-refractivity contribution in [1.82, 2.24) is 19.9 Å². The zero-order valence-electron chi connectivity index (χ0n) is 18.7. The van der Waals surface area contributed by atoms with Crippen molar-refractivity contribution in [2.45, 2.75) is 38.6 Å². The molecule has 1 saturated heterocycles. The number of H-pyrrole nitrogens is 1. The van der Waals surface area contributed by atoms with E-state index in [1.807, 2.05) is 11.8 Å². The van der Waals surface area contributed by atoms with Crippen LogP contribution in [0.4, 0.5) is 8.78 Å². The Kier molecular flexibility index (Phi) is 6.24. The molecular weight excluding hydrogens is 454 g/mol. The number of likely N-dealkylation sites (tertiary alicyclic amines) is 1. The van der Waals surface area contributed by atoms with E-state index in [4.69, 9.17) is 0 Å². The minimum absolute atomic E-state index is 0.0380. The number of carbonyl (C=O) groups is 1. The summed E-state index contributed by atoms with van der Waals surface area (Å²) in [6.45, 7) is 2.51. The molecule has 2 aromatic carbocycles. The molecule has 1 fully saturated rings. The molecule has 0 spiro atoms. The van der Waals surface area contributed by atoms with Crippen molar-refractivity contribution < 1.29 is 13.6 Å². The molecule has 1 unspecified atom stereocenters. The fourth-order valence-electron chi connectivity index (χ4n) is 4.49. The van der Waals surface area contributed by atoms with Crippen LogP contribution >= 0.6 is 11.3 Å². The van der Waals surface area contributed by atoms with Crippen molar-refractivity contribution in [1.29, 1.82) is 0 Å². The summed E-state index contributed by atoms with van der Waals surface area (Å²) in [5.41, 5.74) is 2.28. The zero-order valence-corrected chi connectivity index (χ0v) is 19.5. The van der Waals surface area contributed by atoms with Crippen LogP contribution in [0.1, 0.15) is 40.6 Å². The second-order valence-corrected chi connectivity index (χ2v) is 9.70. The van der Waals surface area contributed by atoms with Gasteiger partial charge in [-0.15, -0.1) is 11.3 Å². The van der Waals surface area contributed by atoms with Gasteiger partial charge in [-0.2, -0.15) is 0 Å². The largest absolute Gasteiger partial charge is 0.342 e. The van der Waals surface area contributed by atoms with Crippen LogP contribution in [-0.2, 0) is 6.42 Å². The Morgan fingerprint density at radius 3 is 2.74 bits per heavy atom. The lowest BCUT2D eigenvalue weighted by atomic mass is 9.98. The van der Waals surface area contributed by atoms with Gasteiger partial charge < -0.3 is 9.88 Å². The fraction of sp³-hybridized carbons (Fsp3) is 0.269. The number of hydrogen-bond donors (Lipinski definition) is 1. The molecule has 3 heterocycles. The molecule has 0 bridgehead atoms. The second kappa shape index (κ2) is 9.46. The van der Waals surface area contributed by atoms with Crippen LogP contribution in [0.25, 0.3) is 21.7 Å². The number of benzene rings is 2. The van der Waals surface area contributed by atoms with Gasteiger partial charge in [0.2, 0.25) is 0 Å². The smallest absolute Gasteiger partial charge is 0.274 e. The molecule has 5 nitrogen and oxygen atoms in total. The number of nitrogens with one attached hydrogen (secondary N) is 1. The highest BCUT2D eigenvalue weighted by atomic mass is 32.1. The molecule has 0 radical (unpaired) electrons. The summed E-state index contributed by atoms with van der Waals surface area (Å²) in [6.07, 6.45) is 5.00. The normalized spacial score (nSPS) is 16.1. The van der Waals surface area contributed by atoms with Crippen LogP contribution in [0.15, 0.2) is 54.7 Å². The molecule has 2 aromatic heterocycles. The minimum atomic E-state index is -0.317. The summed E-state index contributed by atoms with van der Waals surface area (Å²) in [5, 5.41) is 0.789. The molecule has 8 heteroatoms. The Labute approximate surface area is 200 Å². The van der Waals surface area contributed by atoms with Crippen LogP contribution in [0.3, 0.4) is 0 Å². The van der Waals surface area contributed by atoms with Crippen LogP contribution in [0.5, 0.6) is 0 Å². The molecule has 4 aromatic rings. The maximum Gasteiger partial charge on any atom is 0.274 e. The molecule has 1 atom stereocenters. The summed E-state index contributed by atoms with van der Waals surface area (Å²) < 4.78 is 27.6. The van der Waals surface area contributed by atoms with Crippen LogP contribution in [0.2, 0.25) is 0 Å². The number of nitrogens with zero attached hydrogens (tertiary/aromatic N) is 3. The van der Waals surface area contributed by atoms with Gasteiger partial charge in [0.15, 0.2) is 0 Å². The summed E-state index contributed by atoms with van der Waals surface area (Å²) in [6, 6.07) is 12.7. The number of amides is 1. The SMILES string of the molecule is Cc1nc(C(=O)N2CCCCC2Cc2ncc(-c3ccccc3F)[nH]2)c(-c2ccc(F)cc2)s1. The van der Waals surface area contributed by atoms with Gasteiger partial charge in [-0.3, -0.25) is 4.79 Å². The molecule has 1 aliphatic rings. The first kappa shape index (κ1) is 22.4. The first-order chi connectivity index (χ1) is 16.5. The van der Waals surface area contributed by atoms with Gasteiger partial charge in [0, 0.05) is 24.6 Å². The Morgan fingerprint density at radius 2 is 1.94 bits per heavy atom. The van der Waals surface area contributed by atoms with Gasteiger partial charge in [0.25, 0.3) is 5.91 Å². The van der Waals surface area contributed by atoms with Crippen molar-refractivity contribution in [3.8, 4) is 21.7 Å². The van der Waals surface area contributed by atoms with E-state index in [9.17, 15) is 13.6 Å². The fourth-order valence-corrected chi connectivity index (χ4v) is 5.41. The lowest BCUT2D eigenvalue weighted by Crippen LogP contribution is -2.45. The third-order valence-corrected chi connectivity index (χ3v) is 7.17. The molecule has 1 N–H and O–H groups in total. The van der Waals surface area contributed by atoms with E-state index in [1.54, 1.807) is 36.5 Å². The number of carbonyl (C=O) groups excluding carboxylic acids is 1. The van der Waals surface area contributed by atoms with Crippen molar-refractivity contribution in [2.24, 2.45) is 0 Å². The Hall–Kier alpha value is -3.39. The predicted octanol–water partition coefficient (Wildman–Crippen LogP) is 6.02. The van der Waals surface area contributed by atoms with Crippen molar-refractivity contribution in [3.63, 3.8) is 0 Å². The maximum atomic E-state index is 14.2. The van der Waals surface area contributed by atoms with Gasteiger partial charge >= 0.3 is 0 Å². The highest BCUT2D eigenvalue weighted by Gasteiger charge is 2.31. The van der Waals surface area contributed by atoms with Crippen molar-refractivity contribution in [3.05, 3.63) is 82.9 Å². The van der Waals surface area contributed by atoms with E-state index in [-0.39, 0.29) is 23.6 Å². The number of piperidine rings is 1. The Morgan fingerprint density at radius 1 is 1.15 bits per heavy atom. The second-order valence-electron chi connectivity index (χ2n) is 8.49. The average Bonchev–Trinajstić information content (AvgIpc) is 3.46. The first-order valence-corrected chi connectivity index (χ1v) is 12.1. The quantitative estimate of drug-likeness (QED) is 0.381. The van der Waals surface area contributed by atoms with E-state index in [0.29, 0.717) is 29.9 Å². The maximum absolute atomic E-state index is 14.2. The van der Waals surface area contributed by atoms with Crippen LogP contribution in [0, 0.1) is 18.6 Å². The van der Waals surface area contributed by atoms with Crippen LogP contribution < -0.4 is 0 Å². The monoisotopic (exact) mass is 478 g/mol. The number of aryl methyl sites for hydroxylation is 1. The number of thiazole rings is 1. The van der Waals surface area contributed by atoms with Gasteiger partial charge in [-0.05, 0) is 56.0 Å². The summed E-state index contributed by atoms with van der Waals surface area (Å²) >= 11 is 1.44. The molecular formula is C26H24F2N4OS. The highest BCUT2D eigenvalue weighted by Crippen LogP contribution is 2.33. The average molecular weight is 479 g/mol. The van der Waals surface area contributed by atoms with E-state index < -0.39 is 0 Å². The molecule has 1 amide bonds. The third-order valence-electron chi connectivity index (χ3n) is 6.15. The zero-order chi connectivity index (χ0) is 23.7. The Balaban J connectivity index is 1.39. The van der Waals surface area contributed by atoms with Gasteiger partial charge in [-0.25, -0.2) is 18.7 Å². The summed E-state index contributed by atoms with van der Waals surface area (Å²) in [5.74, 6) is -0.0213. The highest BCUT2D eigenvalue weighted by molar-refractivity contribution is 7.15. The molecule has 174 valence electrons. The number of hydrogen-bond acceptors (Lipinski definition) is 4. The van der Waals surface area contributed by atoms with E-state index >= 15 is 0 Å². The molecule has 1 aliphatic heterocycles.